The molecule has 2 aromatic carbocycles. The van der Waals surface area contributed by atoms with Crippen molar-refractivity contribution in [3.63, 3.8) is 0 Å². The molecular weight excluding hydrogens is 478 g/mol. The van der Waals surface area contributed by atoms with Gasteiger partial charge in [0.2, 0.25) is 5.91 Å². The lowest BCUT2D eigenvalue weighted by molar-refractivity contribution is -0.120. The maximum atomic E-state index is 12.5. The Morgan fingerprint density at radius 1 is 0.974 bits per heavy atom. The van der Waals surface area contributed by atoms with E-state index in [1.54, 1.807) is 6.07 Å². The van der Waals surface area contributed by atoms with Crippen LogP contribution in [0.25, 0.3) is 0 Å². The summed E-state index contributed by atoms with van der Waals surface area (Å²) in [6.07, 6.45) is 0.121. The fourth-order valence-corrected chi connectivity index (χ4v) is 4.07. The molecule has 1 unspecified atom stereocenters. The molecule has 3 aromatic rings. The summed E-state index contributed by atoms with van der Waals surface area (Å²) < 4.78 is 0. The Bertz CT molecular complexity index is 1190. The zero-order valence-corrected chi connectivity index (χ0v) is 23.5. The molecule has 1 aromatic heterocycles. The van der Waals surface area contributed by atoms with Gasteiger partial charge in [-0.05, 0) is 74.1 Å². The van der Waals surface area contributed by atoms with Crippen molar-refractivity contribution in [2.75, 3.05) is 6.54 Å². The third-order valence-electron chi connectivity index (χ3n) is 6.30. The lowest BCUT2D eigenvalue weighted by Crippen LogP contribution is -2.43. The van der Waals surface area contributed by atoms with Crippen molar-refractivity contribution in [2.45, 2.75) is 79.2 Å². The highest BCUT2D eigenvalue weighted by molar-refractivity contribution is 5.78. The van der Waals surface area contributed by atoms with Gasteiger partial charge in [-0.3, -0.25) is 4.79 Å². The molecule has 38 heavy (non-hydrogen) atoms. The number of rotatable bonds is 11. The quantitative estimate of drug-likeness (QED) is 0.255. The highest BCUT2D eigenvalue weighted by Gasteiger charge is 2.21. The molecule has 0 aliphatic carbocycles. The third-order valence-corrected chi connectivity index (χ3v) is 6.30. The molecule has 3 rings (SSSR count). The van der Waals surface area contributed by atoms with Gasteiger partial charge in [0.1, 0.15) is 17.5 Å². The van der Waals surface area contributed by atoms with E-state index < -0.39 is 12.7 Å². The molecule has 0 saturated carbocycles. The number of hydrogen-bond donors (Lipinski definition) is 5. The largest absolute Gasteiger partial charge is 0.506 e. The summed E-state index contributed by atoms with van der Waals surface area (Å²) in [6.45, 7) is 12.6. The maximum absolute atomic E-state index is 12.5. The van der Waals surface area contributed by atoms with E-state index in [1.165, 1.54) is 17.2 Å². The smallest absolute Gasteiger partial charge is 0.224 e. The second kappa shape index (κ2) is 14.6. The molecule has 0 spiro atoms. The number of nitrogens with zero attached hydrogens (tertiary/aromatic N) is 1. The SMILES string of the molecule is CC.Cc1ccc(CNC(=O)Cc2cccc(CC(C)(C)NCC(O)c3ccc(O)c(CO)n3)c2)cc1C. The maximum Gasteiger partial charge on any atom is 0.224 e. The molecule has 0 aliphatic rings. The van der Waals surface area contributed by atoms with E-state index in [0.717, 1.165) is 16.7 Å². The minimum atomic E-state index is -0.887. The Hall–Kier alpha value is -3.26. The molecule has 7 nitrogen and oxygen atoms in total. The van der Waals surface area contributed by atoms with Crippen LogP contribution >= 0.6 is 0 Å². The van der Waals surface area contributed by atoms with Crippen LogP contribution in [0.1, 0.15) is 73.0 Å². The Morgan fingerprint density at radius 2 is 1.68 bits per heavy atom. The number of aryl methyl sites for hydroxylation is 2. The predicted octanol–water partition coefficient (Wildman–Crippen LogP) is 4.43. The summed E-state index contributed by atoms with van der Waals surface area (Å²) in [5, 5.41) is 35.9. The minimum absolute atomic E-state index is 0.0190. The van der Waals surface area contributed by atoms with E-state index in [1.807, 2.05) is 58.0 Å². The van der Waals surface area contributed by atoms with Crippen molar-refractivity contribution < 1.29 is 20.1 Å². The molecule has 1 atom stereocenters. The van der Waals surface area contributed by atoms with Gasteiger partial charge in [0, 0.05) is 18.6 Å². The number of amides is 1. The molecule has 1 amide bonds. The summed E-state index contributed by atoms with van der Waals surface area (Å²) in [5.41, 5.74) is 5.77. The van der Waals surface area contributed by atoms with Crippen LogP contribution in [0.2, 0.25) is 0 Å². The summed E-state index contributed by atoms with van der Waals surface area (Å²) in [4.78, 5) is 16.7. The van der Waals surface area contributed by atoms with Crippen LogP contribution in [0.5, 0.6) is 5.75 Å². The first kappa shape index (κ1) is 31.0. The number of benzene rings is 2. The van der Waals surface area contributed by atoms with Gasteiger partial charge in [-0.25, -0.2) is 4.98 Å². The van der Waals surface area contributed by atoms with Crippen LogP contribution in [-0.4, -0.2) is 38.3 Å². The van der Waals surface area contributed by atoms with Crippen LogP contribution in [-0.2, 0) is 30.8 Å². The highest BCUT2D eigenvalue weighted by atomic mass is 16.3. The van der Waals surface area contributed by atoms with Crippen molar-refractivity contribution in [2.24, 2.45) is 0 Å². The Kier molecular flexibility index (Phi) is 11.9. The van der Waals surface area contributed by atoms with Gasteiger partial charge in [0.25, 0.3) is 0 Å². The predicted molar refractivity (Wildman–Crippen MR) is 152 cm³/mol. The van der Waals surface area contributed by atoms with Gasteiger partial charge in [0.05, 0.1) is 18.7 Å². The van der Waals surface area contributed by atoms with Crippen LogP contribution in [0.3, 0.4) is 0 Å². The van der Waals surface area contributed by atoms with E-state index in [0.29, 0.717) is 25.1 Å². The van der Waals surface area contributed by atoms with E-state index in [2.05, 4.69) is 41.6 Å². The first-order chi connectivity index (χ1) is 18.1. The number of carbonyl (C=O) groups excluding carboxylic acids is 1. The zero-order valence-electron chi connectivity index (χ0n) is 23.5. The van der Waals surface area contributed by atoms with E-state index in [4.69, 9.17) is 0 Å². The number of aliphatic hydroxyl groups excluding tert-OH is 2. The molecular formula is C31H43N3O4. The first-order valence-corrected chi connectivity index (χ1v) is 13.2. The van der Waals surface area contributed by atoms with Gasteiger partial charge in [-0.2, -0.15) is 0 Å². The third kappa shape index (κ3) is 9.56. The highest BCUT2D eigenvalue weighted by Crippen LogP contribution is 2.20. The fourth-order valence-electron chi connectivity index (χ4n) is 4.07. The molecule has 0 radical (unpaired) electrons. The number of carbonyl (C=O) groups is 1. The summed E-state index contributed by atoms with van der Waals surface area (Å²) in [5.74, 6) is -0.116. The van der Waals surface area contributed by atoms with Crippen LogP contribution < -0.4 is 10.6 Å². The minimum Gasteiger partial charge on any atom is -0.506 e. The number of pyridine rings is 1. The number of hydrogen-bond acceptors (Lipinski definition) is 6. The van der Waals surface area contributed by atoms with Crippen molar-refractivity contribution in [3.05, 3.63) is 93.8 Å². The summed E-state index contributed by atoms with van der Waals surface area (Å²) >= 11 is 0. The summed E-state index contributed by atoms with van der Waals surface area (Å²) in [6, 6.07) is 17.2. The standard InChI is InChI=1S/C29H37N3O4.C2H6/c1-19-8-9-23(12-20(19)2)16-30-28(36)14-21-6-5-7-22(13-21)15-29(3,4)31-17-27(35)24-10-11-26(34)25(18-33)32-24;1-2/h5-13,27,31,33-35H,14-18H2,1-4H3,(H,30,36);1-2H3. The second-order valence-corrected chi connectivity index (χ2v) is 10.0. The average Bonchev–Trinajstić information content (AvgIpc) is 2.89. The molecule has 0 aliphatic heterocycles. The van der Waals surface area contributed by atoms with Crippen molar-refractivity contribution in [3.8, 4) is 5.75 Å². The molecule has 206 valence electrons. The molecule has 7 heteroatoms. The van der Waals surface area contributed by atoms with Gasteiger partial charge in [-0.1, -0.05) is 56.3 Å². The van der Waals surface area contributed by atoms with Crippen molar-refractivity contribution in [1.29, 1.82) is 0 Å². The monoisotopic (exact) mass is 521 g/mol. The fraction of sp³-hybridized carbons (Fsp3) is 0.419. The van der Waals surface area contributed by atoms with Gasteiger partial charge in [-0.15, -0.1) is 0 Å². The van der Waals surface area contributed by atoms with Gasteiger partial charge in [0.15, 0.2) is 0 Å². The van der Waals surface area contributed by atoms with Crippen molar-refractivity contribution in [1.82, 2.24) is 15.6 Å². The Morgan fingerprint density at radius 3 is 2.37 bits per heavy atom. The topological polar surface area (TPSA) is 115 Å². The van der Waals surface area contributed by atoms with Crippen LogP contribution in [0.15, 0.2) is 54.6 Å². The van der Waals surface area contributed by atoms with Crippen molar-refractivity contribution >= 4 is 5.91 Å². The number of aromatic nitrogens is 1. The Balaban J connectivity index is 0.00000247. The van der Waals surface area contributed by atoms with Gasteiger partial charge < -0.3 is 26.0 Å². The van der Waals surface area contributed by atoms with Crippen LogP contribution in [0, 0.1) is 13.8 Å². The van der Waals surface area contributed by atoms with Crippen LogP contribution in [0.4, 0.5) is 0 Å². The molecule has 5 N–H and O–H groups in total. The normalized spacial score (nSPS) is 11.9. The molecule has 0 bridgehead atoms. The first-order valence-electron chi connectivity index (χ1n) is 13.2. The molecule has 1 heterocycles. The average molecular weight is 522 g/mol. The van der Waals surface area contributed by atoms with E-state index in [9.17, 15) is 20.1 Å². The summed E-state index contributed by atoms with van der Waals surface area (Å²) in [7, 11) is 0. The number of nitrogens with one attached hydrogen (secondary N) is 2. The molecule has 0 fully saturated rings. The van der Waals surface area contributed by atoms with E-state index >= 15 is 0 Å². The van der Waals surface area contributed by atoms with Gasteiger partial charge >= 0.3 is 0 Å². The zero-order chi connectivity index (χ0) is 28.3. The Labute approximate surface area is 227 Å². The number of β-amino-alcohol motifs (C(OH)–C–C–N with tert-alkyl or cyclic N) is 1. The second-order valence-electron chi connectivity index (χ2n) is 10.0. The lowest BCUT2D eigenvalue weighted by Gasteiger charge is -2.28. The number of aliphatic hydroxyl groups is 2. The lowest BCUT2D eigenvalue weighted by atomic mass is 9.93. The number of aromatic hydroxyl groups is 1. The van der Waals surface area contributed by atoms with E-state index in [-0.39, 0.29) is 29.4 Å². The molecule has 0 saturated heterocycles.